The van der Waals surface area contributed by atoms with Gasteiger partial charge in [-0.05, 0) is 38.8 Å². The number of hydrogen-bond acceptors (Lipinski definition) is 5. The van der Waals surface area contributed by atoms with E-state index in [9.17, 15) is 0 Å². The average molecular weight is 386 g/mol. The van der Waals surface area contributed by atoms with E-state index in [2.05, 4.69) is 45.9 Å². The van der Waals surface area contributed by atoms with Crippen LogP contribution >= 0.6 is 0 Å². The number of guanidine groups is 1. The van der Waals surface area contributed by atoms with Crippen molar-refractivity contribution in [2.24, 2.45) is 4.99 Å². The van der Waals surface area contributed by atoms with Crippen LogP contribution < -0.4 is 15.4 Å². The minimum absolute atomic E-state index is 0.132. The molecule has 7 heteroatoms. The highest BCUT2D eigenvalue weighted by atomic mass is 16.5. The molecule has 0 spiro atoms. The zero-order valence-electron chi connectivity index (χ0n) is 17.2. The van der Waals surface area contributed by atoms with Crippen molar-refractivity contribution in [1.29, 1.82) is 0 Å². The lowest BCUT2D eigenvalue weighted by Crippen LogP contribution is -2.38. The van der Waals surface area contributed by atoms with Crippen LogP contribution in [-0.2, 0) is 17.7 Å². The van der Waals surface area contributed by atoms with Crippen LogP contribution in [0.25, 0.3) is 0 Å². The molecule has 1 unspecified atom stereocenters. The van der Waals surface area contributed by atoms with Crippen molar-refractivity contribution in [2.75, 3.05) is 26.8 Å². The molecule has 2 aromatic rings. The van der Waals surface area contributed by atoms with E-state index < -0.39 is 0 Å². The fraction of sp³-hybridized carbons (Fsp3) is 0.524. The first-order valence-electron chi connectivity index (χ1n) is 9.77. The highest BCUT2D eigenvalue weighted by molar-refractivity contribution is 5.79. The second kappa shape index (κ2) is 9.59. The zero-order valence-corrected chi connectivity index (χ0v) is 17.2. The molecular formula is C21H30N4O3. The number of nitrogens with one attached hydrogen (secondary N) is 2. The lowest BCUT2D eigenvalue weighted by Gasteiger charge is -2.18. The summed E-state index contributed by atoms with van der Waals surface area (Å²) in [6.45, 7) is 8.79. The van der Waals surface area contributed by atoms with E-state index >= 15 is 0 Å². The minimum Gasteiger partial charge on any atom is -0.488 e. The lowest BCUT2D eigenvalue weighted by atomic mass is 10.1. The first kappa shape index (κ1) is 20.2. The van der Waals surface area contributed by atoms with Crippen LogP contribution in [0, 0.1) is 20.8 Å². The molecule has 1 aliphatic heterocycles. The molecule has 152 valence electrons. The standard InChI is InChI=1S/C21H30N4O3/c1-14-5-6-17(20(11-14)27-18-8-10-26-13-18)12-24-21(22-4)23-9-7-19-15(2)25-28-16(19)3/h5-6,11,18H,7-10,12-13H2,1-4H3,(H2,22,23,24). The molecule has 3 rings (SSSR count). The van der Waals surface area contributed by atoms with Crippen molar-refractivity contribution < 1.29 is 14.0 Å². The van der Waals surface area contributed by atoms with Gasteiger partial charge in [-0.15, -0.1) is 0 Å². The highest BCUT2D eigenvalue weighted by Gasteiger charge is 2.19. The van der Waals surface area contributed by atoms with Gasteiger partial charge in [0.15, 0.2) is 5.96 Å². The van der Waals surface area contributed by atoms with Gasteiger partial charge >= 0.3 is 0 Å². The molecule has 1 aliphatic rings. The van der Waals surface area contributed by atoms with Crippen LogP contribution in [-0.4, -0.2) is 44.0 Å². The Kier molecular flexibility index (Phi) is 6.92. The van der Waals surface area contributed by atoms with E-state index in [-0.39, 0.29) is 6.10 Å². The summed E-state index contributed by atoms with van der Waals surface area (Å²) in [5.74, 6) is 2.54. The highest BCUT2D eigenvalue weighted by Crippen LogP contribution is 2.23. The molecule has 0 bridgehead atoms. The topological polar surface area (TPSA) is 80.9 Å². The maximum atomic E-state index is 6.17. The van der Waals surface area contributed by atoms with E-state index in [0.29, 0.717) is 13.2 Å². The predicted octanol–water partition coefficient (Wildman–Crippen LogP) is 2.68. The van der Waals surface area contributed by atoms with Crippen molar-refractivity contribution in [3.63, 3.8) is 0 Å². The Labute approximate surface area is 166 Å². The van der Waals surface area contributed by atoms with Gasteiger partial charge in [-0.3, -0.25) is 4.99 Å². The third-order valence-corrected chi connectivity index (χ3v) is 4.92. The summed E-state index contributed by atoms with van der Waals surface area (Å²) in [4.78, 5) is 4.31. The van der Waals surface area contributed by atoms with Crippen molar-refractivity contribution in [3.8, 4) is 5.75 Å². The summed E-state index contributed by atoms with van der Waals surface area (Å²) < 4.78 is 16.8. The molecule has 0 amide bonds. The molecule has 0 aliphatic carbocycles. The summed E-state index contributed by atoms with van der Waals surface area (Å²) in [6.07, 6.45) is 1.90. The van der Waals surface area contributed by atoms with Crippen LogP contribution in [0.5, 0.6) is 5.75 Å². The third-order valence-electron chi connectivity index (χ3n) is 4.92. The Morgan fingerprint density at radius 1 is 1.29 bits per heavy atom. The number of aliphatic imine (C=N–C) groups is 1. The number of aryl methyl sites for hydroxylation is 3. The maximum absolute atomic E-state index is 6.17. The summed E-state index contributed by atoms with van der Waals surface area (Å²) >= 11 is 0. The third kappa shape index (κ3) is 5.25. The van der Waals surface area contributed by atoms with E-state index in [1.807, 2.05) is 13.8 Å². The Hall–Kier alpha value is -2.54. The van der Waals surface area contributed by atoms with E-state index in [0.717, 1.165) is 60.3 Å². The van der Waals surface area contributed by atoms with Crippen molar-refractivity contribution in [3.05, 3.63) is 46.3 Å². The number of ether oxygens (including phenoxy) is 2. The Morgan fingerprint density at radius 3 is 2.82 bits per heavy atom. The fourth-order valence-corrected chi connectivity index (χ4v) is 3.27. The van der Waals surface area contributed by atoms with Crippen LogP contribution in [0.3, 0.4) is 0 Å². The molecule has 1 fully saturated rings. The molecule has 1 aromatic heterocycles. The van der Waals surface area contributed by atoms with Crippen LogP contribution in [0.1, 0.15) is 34.6 Å². The molecule has 1 aromatic carbocycles. The molecular weight excluding hydrogens is 356 g/mol. The minimum atomic E-state index is 0.132. The number of hydrogen-bond donors (Lipinski definition) is 2. The number of aromatic nitrogens is 1. The van der Waals surface area contributed by atoms with Gasteiger partial charge in [0.05, 0.1) is 18.9 Å². The Bertz CT molecular complexity index is 790. The van der Waals surface area contributed by atoms with Gasteiger partial charge < -0.3 is 24.6 Å². The second-order valence-corrected chi connectivity index (χ2v) is 7.12. The normalized spacial score (nSPS) is 17.0. The van der Waals surface area contributed by atoms with E-state index in [1.165, 1.54) is 5.56 Å². The number of rotatable bonds is 7. The van der Waals surface area contributed by atoms with Gasteiger partial charge in [0.25, 0.3) is 0 Å². The van der Waals surface area contributed by atoms with Gasteiger partial charge in [0.2, 0.25) is 0 Å². The number of benzene rings is 1. The van der Waals surface area contributed by atoms with Crippen LogP contribution in [0.2, 0.25) is 0 Å². The monoisotopic (exact) mass is 386 g/mol. The van der Waals surface area contributed by atoms with Crippen molar-refractivity contribution in [1.82, 2.24) is 15.8 Å². The first-order chi connectivity index (χ1) is 13.6. The Balaban J connectivity index is 1.54. The van der Waals surface area contributed by atoms with Crippen molar-refractivity contribution >= 4 is 5.96 Å². The van der Waals surface area contributed by atoms with E-state index in [4.69, 9.17) is 14.0 Å². The molecule has 0 saturated carbocycles. The van der Waals surface area contributed by atoms with E-state index in [1.54, 1.807) is 7.05 Å². The largest absolute Gasteiger partial charge is 0.488 e. The van der Waals surface area contributed by atoms with Gasteiger partial charge in [-0.1, -0.05) is 17.3 Å². The summed E-state index contributed by atoms with van der Waals surface area (Å²) in [6, 6.07) is 6.29. The quantitative estimate of drug-likeness (QED) is 0.562. The molecule has 2 heterocycles. The fourth-order valence-electron chi connectivity index (χ4n) is 3.27. The van der Waals surface area contributed by atoms with Crippen LogP contribution in [0.4, 0.5) is 0 Å². The number of nitrogens with zero attached hydrogens (tertiary/aromatic N) is 2. The molecule has 7 nitrogen and oxygen atoms in total. The maximum Gasteiger partial charge on any atom is 0.191 e. The van der Waals surface area contributed by atoms with Crippen LogP contribution in [0.15, 0.2) is 27.7 Å². The van der Waals surface area contributed by atoms with Gasteiger partial charge in [0.1, 0.15) is 17.6 Å². The molecule has 0 radical (unpaired) electrons. The predicted molar refractivity (Wildman–Crippen MR) is 109 cm³/mol. The summed E-state index contributed by atoms with van der Waals surface area (Å²) in [5.41, 5.74) is 4.38. The molecule has 28 heavy (non-hydrogen) atoms. The molecule has 2 N–H and O–H groups in total. The smallest absolute Gasteiger partial charge is 0.191 e. The SMILES string of the molecule is CN=C(NCCc1c(C)noc1C)NCc1ccc(C)cc1OC1CCOC1. The Morgan fingerprint density at radius 2 is 2.14 bits per heavy atom. The first-order valence-corrected chi connectivity index (χ1v) is 9.77. The zero-order chi connectivity index (χ0) is 19.9. The van der Waals surface area contributed by atoms with Gasteiger partial charge in [-0.2, -0.15) is 0 Å². The summed E-state index contributed by atoms with van der Waals surface area (Å²) in [7, 11) is 1.77. The average Bonchev–Trinajstić information content (AvgIpc) is 3.30. The lowest BCUT2D eigenvalue weighted by molar-refractivity contribution is 0.140. The van der Waals surface area contributed by atoms with Crippen molar-refractivity contribution in [2.45, 2.75) is 46.3 Å². The van der Waals surface area contributed by atoms with Gasteiger partial charge in [-0.25, -0.2) is 0 Å². The second-order valence-electron chi connectivity index (χ2n) is 7.12. The summed E-state index contributed by atoms with van der Waals surface area (Å²) in [5, 5.41) is 10.7. The molecule has 1 atom stereocenters. The van der Waals surface area contributed by atoms with Gasteiger partial charge in [0, 0.05) is 37.7 Å². The molecule has 1 saturated heterocycles.